The Labute approximate surface area is 90.4 Å². The second-order valence-corrected chi connectivity index (χ2v) is 3.72. The first-order chi connectivity index (χ1) is 7.42. The van der Waals surface area contributed by atoms with Crippen molar-refractivity contribution in [1.29, 1.82) is 0 Å². The van der Waals surface area contributed by atoms with Gasteiger partial charge in [0.25, 0.3) is 0 Å². The molecule has 2 rings (SSSR count). The summed E-state index contributed by atoms with van der Waals surface area (Å²) in [5, 5.41) is 3.37. The van der Waals surface area contributed by atoms with Gasteiger partial charge in [-0.25, -0.2) is 0 Å². The van der Waals surface area contributed by atoms with Crippen molar-refractivity contribution in [3.8, 4) is 5.75 Å². The standard InChI is InChI=1S/C12H17NO2/c1-14-12-5-3-2-4-11(12)10-8-13-6-7-15-9-10/h2-5,10,13H,6-9H2,1H3. The van der Waals surface area contributed by atoms with E-state index in [1.807, 2.05) is 18.2 Å². The van der Waals surface area contributed by atoms with Crippen molar-refractivity contribution in [2.75, 3.05) is 33.4 Å². The molecule has 0 bridgehead atoms. The Morgan fingerprint density at radius 2 is 2.27 bits per heavy atom. The summed E-state index contributed by atoms with van der Waals surface area (Å²) in [7, 11) is 1.71. The highest BCUT2D eigenvalue weighted by Gasteiger charge is 2.17. The molecule has 1 aliphatic heterocycles. The molecule has 82 valence electrons. The topological polar surface area (TPSA) is 30.5 Å². The second-order valence-electron chi connectivity index (χ2n) is 3.72. The Balaban J connectivity index is 2.18. The van der Waals surface area contributed by atoms with Gasteiger partial charge in [0.15, 0.2) is 0 Å². The number of hydrogen-bond donors (Lipinski definition) is 1. The van der Waals surface area contributed by atoms with Crippen molar-refractivity contribution in [3.05, 3.63) is 29.8 Å². The molecule has 1 saturated heterocycles. The summed E-state index contributed by atoms with van der Waals surface area (Å²) in [5.74, 6) is 1.35. The molecule has 15 heavy (non-hydrogen) atoms. The Bertz CT molecular complexity index is 306. The van der Waals surface area contributed by atoms with Gasteiger partial charge in [-0.05, 0) is 6.07 Å². The van der Waals surface area contributed by atoms with Crippen molar-refractivity contribution in [1.82, 2.24) is 5.32 Å². The minimum Gasteiger partial charge on any atom is -0.496 e. The van der Waals surface area contributed by atoms with Gasteiger partial charge in [0.2, 0.25) is 0 Å². The average molecular weight is 207 g/mol. The molecular formula is C12H17NO2. The van der Waals surface area contributed by atoms with E-state index in [1.54, 1.807) is 7.11 Å². The quantitative estimate of drug-likeness (QED) is 0.795. The van der Waals surface area contributed by atoms with Gasteiger partial charge in [-0.1, -0.05) is 18.2 Å². The number of nitrogens with one attached hydrogen (secondary N) is 1. The number of ether oxygens (including phenoxy) is 2. The monoisotopic (exact) mass is 207 g/mol. The zero-order chi connectivity index (χ0) is 10.5. The average Bonchev–Trinajstić information content (AvgIpc) is 2.57. The van der Waals surface area contributed by atoms with Crippen LogP contribution < -0.4 is 10.1 Å². The van der Waals surface area contributed by atoms with Gasteiger partial charge in [0.1, 0.15) is 5.75 Å². The number of benzene rings is 1. The third-order valence-corrected chi connectivity index (χ3v) is 2.71. The first kappa shape index (κ1) is 10.5. The molecule has 1 aromatic rings. The van der Waals surface area contributed by atoms with Gasteiger partial charge in [0.05, 0.1) is 20.3 Å². The lowest BCUT2D eigenvalue weighted by Crippen LogP contribution is -2.21. The van der Waals surface area contributed by atoms with Gasteiger partial charge < -0.3 is 14.8 Å². The number of methoxy groups -OCH3 is 1. The van der Waals surface area contributed by atoms with Crippen LogP contribution in [0.15, 0.2) is 24.3 Å². The van der Waals surface area contributed by atoms with E-state index in [0.717, 1.165) is 32.1 Å². The fourth-order valence-corrected chi connectivity index (χ4v) is 1.91. The smallest absolute Gasteiger partial charge is 0.122 e. The maximum atomic E-state index is 5.54. The van der Waals surface area contributed by atoms with E-state index in [0.29, 0.717) is 5.92 Å². The molecule has 1 fully saturated rings. The van der Waals surface area contributed by atoms with E-state index < -0.39 is 0 Å². The number of para-hydroxylation sites is 1. The van der Waals surface area contributed by atoms with Crippen LogP contribution >= 0.6 is 0 Å². The lowest BCUT2D eigenvalue weighted by atomic mass is 9.99. The summed E-state index contributed by atoms with van der Waals surface area (Å²) in [4.78, 5) is 0. The summed E-state index contributed by atoms with van der Waals surface area (Å²) in [6, 6.07) is 8.15. The van der Waals surface area contributed by atoms with Crippen LogP contribution in [-0.2, 0) is 4.74 Å². The Hall–Kier alpha value is -1.06. The van der Waals surface area contributed by atoms with Crippen LogP contribution in [0.2, 0.25) is 0 Å². The second kappa shape index (κ2) is 5.14. The van der Waals surface area contributed by atoms with E-state index in [1.165, 1.54) is 5.56 Å². The molecule has 3 nitrogen and oxygen atoms in total. The zero-order valence-corrected chi connectivity index (χ0v) is 9.03. The molecule has 1 unspecified atom stereocenters. The largest absolute Gasteiger partial charge is 0.496 e. The molecule has 1 N–H and O–H groups in total. The van der Waals surface area contributed by atoms with Gasteiger partial charge >= 0.3 is 0 Å². The van der Waals surface area contributed by atoms with E-state index in [-0.39, 0.29) is 0 Å². The normalized spacial score (nSPS) is 22.1. The van der Waals surface area contributed by atoms with Crippen LogP contribution in [0.3, 0.4) is 0 Å². The molecule has 0 aromatic heterocycles. The van der Waals surface area contributed by atoms with Crippen molar-refractivity contribution in [2.45, 2.75) is 5.92 Å². The molecule has 0 radical (unpaired) electrons. The van der Waals surface area contributed by atoms with Gasteiger partial charge in [-0.2, -0.15) is 0 Å². The van der Waals surface area contributed by atoms with E-state index >= 15 is 0 Å². The highest BCUT2D eigenvalue weighted by molar-refractivity contribution is 5.36. The molecule has 3 heteroatoms. The molecule has 1 aliphatic rings. The Morgan fingerprint density at radius 3 is 3.13 bits per heavy atom. The SMILES string of the molecule is COc1ccccc1C1CNCCOC1. The van der Waals surface area contributed by atoms with Crippen LogP contribution in [0.1, 0.15) is 11.5 Å². The third-order valence-electron chi connectivity index (χ3n) is 2.71. The zero-order valence-electron chi connectivity index (χ0n) is 9.03. The van der Waals surface area contributed by atoms with Crippen LogP contribution in [0.5, 0.6) is 5.75 Å². The van der Waals surface area contributed by atoms with E-state index in [9.17, 15) is 0 Å². The highest BCUT2D eigenvalue weighted by Crippen LogP contribution is 2.26. The van der Waals surface area contributed by atoms with Crippen molar-refractivity contribution in [2.24, 2.45) is 0 Å². The van der Waals surface area contributed by atoms with Crippen LogP contribution in [0, 0.1) is 0 Å². The fourth-order valence-electron chi connectivity index (χ4n) is 1.91. The Kier molecular flexibility index (Phi) is 3.59. The molecule has 0 amide bonds. The number of rotatable bonds is 2. The first-order valence-electron chi connectivity index (χ1n) is 5.33. The summed E-state index contributed by atoms with van der Waals surface area (Å²) >= 11 is 0. The molecule has 0 saturated carbocycles. The fraction of sp³-hybridized carbons (Fsp3) is 0.500. The van der Waals surface area contributed by atoms with Crippen molar-refractivity contribution in [3.63, 3.8) is 0 Å². The highest BCUT2D eigenvalue weighted by atomic mass is 16.5. The maximum Gasteiger partial charge on any atom is 0.122 e. The maximum absolute atomic E-state index is 5.54. The van der Waals surface area contributed by atoms with Gasteiger partial charge in [-0.15, -0.1) is 0 Å². The van der Waals surface area contributed by atoms with Gasteiger partial charge in [-0.3, -0.25) is 0 Å². The summed E-state index contributed by atoms with van der Waals surface area (Å²) < 4.78 is 10.9. The van der Waals surface area contributed by atoms with Crippen LogP contribution in [0.4, 0.5) is 0 Å². The lowest BCUT2D eigenvalue weighted by molar-refractivity contribution is 0.140. The minimum absolute atomic E-state index is 0.392. The molecule has 1 aromatic carbocycles. The molecule has 1 heterocycles. The molecule has 0 aliphatic carbocycles. The van der Waals surface area contributed by atoms with Crippen molar-refractivity contribution >= 4 is 0 Å². The molecule has 1 atom stereocenters. The minimum atomic E-state index is 0.392. The van der Waals surface area contributed by atoms with Gasteiger partial charge in [0, 0.05) is 24.6 Å². The van der Waals surface area contributed by atoms with Crippen LogP contribution in [-0.4, -0.2) is 33.4 Å². The third kappa shape index (κ3) is 2.49. The van der Waals surface area contributed by atoms with E-state index in [4.69, 9.17) is 9.47 Å². The predicted molar refractivity (Wildman–Crippen MR) is 59.4 cm³/mol. The number of hydrogen-bond acceptors (Lipinski definition) is 3. The molecule has 0 spiro atoms. The summed E-state index contributed by atoms with van der Waals surface area (Å²) in [6.07, 6.45) is 0. The van der Waals surface area contributed by atoms with Crippen LogP contribution in [0.25, 0.3) is 0 Å². The predicted octanol–water partition coefficient (Wildman–Crippen LogP) is 1.40. The summed E-state index contributed by atoms with van der Waals surface area (Å²) in [6.45, 7) is 3.46. The Morgan fingerprint density at radius 1 is 1.40 bits per heavy atom. The van der Waals surface area contributed by atoms with Crippen molar-refractivity contribution < 1.29 is 9.47 Å². The molecular weight excluding hydrogens is 190 g/mol. The first-order valence-corrected chi connectivity index (χ1v) is 5.33. The summed E-state index contributed by atoms with van der Waals surface area (Å²) in [5.41, 5.74) is 1.23. The van der Waals surface area contributed by atoms with E-state index in [2.05, 4.69) is 11.4 Å². The lowest BCUT2D eigenvalue weighted by Gasteiger charge is -2.17.